The normalized spacial score (nSPS) is 23.6. The first-order chi connectivity index (χ1) is 13.4. The van der Waals surface area contributed by atoms with Gasteiger partial charge in [0.25, 0.3) is 0 Å². The maximum absolute atomic E-state index is 12.4. The summed E-state index contributed by atoms with van der Waals surface area (Å²) in [5.74, 6) is 1.11. The zero-order valence-electron chi connectivity index (χ0n) is 17.0. The lowest BCUT2D eigenvalue weighted by Crippen LogP contribution is -2.40. The molecule has 1 saturated carbocycles. The second-order valence-corrected chi connectivity index (χ2v) is 9.08. The van der Waals surface area contributed by atoms with Crippen LogP contribution in [-0.2, 0) is 17.8 Å². The van der Waals surface area contributed by atoms with Gasteiger partial charge in [0.1, 0.15) is 5.60 Å². The second kappa shape index (κ2) is 7.59. The van der Waals surface area contributed by atoms with Crippen LogP contribution < -0.4 is 0 Å². The zero-order chi connectivity index (χ0) is 19.7. The minimum atomic E-state index is -0.435. The monoisotopic (exact) mass is 378 g/mol. The molecule has 148 valence electrons. The Labute approximate surface area is 168 Å². The number of nitrogens with zero attached hydrogens (tertiary/aromatic N) is 2. The zero-order valence-corrected chi connectivity index (χ0v) is 17.0. The van der Waals surface area contributed by atoms with Gasteiger partial charge in [-0.1, -0.05) is 60.7 Å². The molecule has 2 aliphatic rings. The topological polar surface area (TPSA) is 32.8 Å². The SMILES string of the molecule is CC(C)(C)OC(=O)N1CC2C(C1)C2N(Cc1ccccc1)Cc1ccccc1. The first-order valence-corrected chi connectivity index (χ1v) is 10.2. The number of fused-ring (bicyclic) bond motifs is 1. The minimum absolute atomic E-state index is 0.170. The van der Waals surface area contributed by atoms with E-state index < -0.39 is 5.60 Å². The van der Waals surface area contributed by atoms with E-state index >= 15 is 0 Å². The fourth-order valence-corrected chi connectivity index (χ4v) is 4.41. The van der Waals surface area contributed by atoms with Crippen molar-refractivity contribution < 1.29 is 9.53 Å². The van der Waals surface area contributed by atoms with Crippen molar-refractivity contribution in [3.63, 3.8) is 0 Å². The molecule has 2 unspecified atom stereocenters. The number of rotatable bonds is 5. The van der Waals surface area contributed by atoms with Crippen LogP contribution in [0.25, 0.3) is 0 Å². The molecule has 2 aromatic carbocycles. The Bertz CT molecular complexity index is 747. The summed E-state index contributed by atoms with van der Waals surface area (Å²) in [5.41, 5.74) is 2.25. The number of ether oxygens (including phenoxy) is 1. The molecule has 2 atom stereocenters. The Balaban J connectivity index is 1.42. The molecule has 28 heavy (non-hydrogen) atoms. The first kappa shape index (κ1) is 19.0. The number of amides is 1. The third kappa shape index (κ3) is 4.39. The highest BCUT2D eigenvalue weighted by molar-refractivity contribution is 5.69. The van der Waals surface area contributed by atoms with Crippen molar-refractivity contribution in [2.24, 2.45) is 11.8 Å². The summed E-state index contributed by atoms with van der Waals surface area (Å²) < 4.78 is 5.55. The summed E-state index contributed by atoms with van der Waals surface area (Å²) >= 11 is 0. The van der Waals surface area contributed by atoms with Gasteiger partial charge in [-0.15, -0.1) is 0 Å². The average Bonchev–Trinajstić information content (AvgIpc) is 3.14. The molecule has 1 amide bonds. The van der Waals surface area contributed by atoms with E-state index in [4.69, 9.17) is 4.74 Å². The molecule has 4 heteroatoms. The lowest BCUT2D eigenvalue weighted by molar-refractivity contribution is 0.0253. The van der Waals surface area contributed by atoms with Crippen molar-refractivity contribution >= 4 is 6.09 Å². The van der Waals surface area contributed by atoms with Crippen molar-refractivity contribution in [1.82, 2.24) is 9.80 Å². The Morgan fingerprint density at radius 1 is 0.929 bits per heavy atom. The van der Waals surface area contributed by atoms with E-state index in [0.717, 1.165) is 26.2 Å². The number of carbonyl (C=O) groups is 1. The van der Waals surface area contributed by atoms with Crippen molar-refractivity contribution in [2.45, 2.75) is 45.5 Å². The fraction of sp³-hybridized carbons (Fsp3) is 0.458. The molecule has 1 saturated heterocycles. The van der Waals surface area contributed by atoms with Gasteiger partial charge < -0.3 is 9.64 Å². The molecule has 1 aliphatic carbocycles. The minimum Gasteiger partial charge on any atom is -0.444 e. The Morgan fingerprint density at radius 3 is 1.82 bits per heavy atom. The number of benzene rings is 2. The summed E-state index contributed by atoms with van der Waals surface area (Å²) in [6.07, 6.45) is -0.170. The number of likely N-dealkylation sites (tertiary alicyclic amines) is 1. The third-order valence-corrected chi connectivity index (χ3v) is 5.68. The molecule has 4 rings (SSSR count). The summed E-state index contributed by atoms with van der Waals surface area (Å²) in [5, 5.41) is 0. The predicted molar refractivity (Wildman–Crippen MR) is 111 cm³/mol. The molecule has 1 heterocycles. The van der Waals surface area contributed by atoms with Crippen LogP contribution in [0.3, 0.4) is 0 Å². The maximum Gasteiger partial charge on any atom is 0.410 e. The van der Waals surface area contributed by atoms with Gasteiger partial charge >= 0.3 is 6.09 Å². The quantitative estimate of drug-likeness (QED) is 0.765. The number of hydrogen-bond acceptors (Lipinski definition) is 3. The van der Waals surface area contributed by atoms with Crippen LogP contribution in [0, 0.1) is 11.8 Å². The molecule has 1 aliphatic heterocycles. The van der Waals surface area contributed by atoms with Gasteiger partial charge in [0.05, 0.1) is 0 Å². The Hall–Kier alpha value is -2.33. The molecule has 2 fully saturated rings. The van der Waals surface area contributed by atoms with Crippen LogP contribution in [-0.4, -0.2) is 40.6 Å². The van der Waals surface area contributed by atoms with Crippen molar-refractivity contribution in [3.8, 4) is 0 Å². The van der Waals surface area contributed by atoms with Gasteiger partial charge in [0, 0.05) is 32.2 Å². The third-order valence-electron chi connectivity index (χ3n) is 5.68. The van der Waals surface area contributed by atoms with Crippen molar-refractivity contribution in [1.29, 1.82) is 0 Å². The number of piperidine rings is 1. The van der Waals surface area contributed by atoms with Gasteiger partial charge in [0.2, 0.25) is 0 Å². The van der Waals surface area contributed by atoms with E-state index in [-0.39, 0.29) is 6.09 Å². The average molecular weight is 379 g/mol. The molecule has 4 nitrogen and oxygen atoms in total. The Morgan fingerprint density at radius 2 is 1.39 bits per heavy atom. The smallest absolute Gasteiger partial charge is 0.410 e. The van der Waals surface area contributed by atoms with Crippen molar-refractivity contribution in [2.75, 3.05) is 13.1 Å². The molecule has 0 N–H and O–H groups in total. The lowest BCUT2D eigenvalue weighted by Gasteiger charge is -2.29. The molecular formula is C24H30N2O2. The second-order valence-electron chi connectivity index (χ2n) is 9.08. The molecule has 0 spiro atoms. The molecule has 0 bridgehead atoms. The number of carbonyl (C=O) groups excluding carboxylic acids is 1. The van der Waals surface area contributed by atoms with Crippen LogP contribution in [0.5, 0.6) is 0 Å². The highest BCUT2D eigenvalue weighted by atomic mass is 16.6. The molecular weight excluding hydrogens is 348 g/mol. The van der Waals surface area contributed by atoms with E-state index in [2.05, 4.69) is 65.6 Å². The van der Waals surface area contributed by atoms with E-state index in [0.29, 0.717) is 17.9 Å². The van der Waals surface area contributed by atoms with Crippen LogP contribution in [0.15, 0.2) is 60.7 Å². The first-order valence-electron chi connectivity index (χ1n) is 10.2. The van der Waals surface area contributed by atoms with E-state index in [9.17, 15) is 4.79 Å². The van der Waals surface area contributed by atoms with Gasteiger partial charge in [-0.05, 0) is 43.7 Å². The predicted octanol–water partition coefficient (Wildman–Crippen LogP) is 4.55. The molecule has 0 aromatic heterocycles. The van der Waals surface area contributed by atoms with Gasteiger partial charge in [-0.25, -0.2) is 4.79 Å². The molecule has 2 aromatic rings. The summed E-state index contributed by atoms with van der Waals surface area (Å²) in [6, 6.07) is 21.9. The largest absolute Gasteiger partial charge is 0.444 e. The standard InChI is InChI=1S/C24H30N2O2/c1-24(2,3)28-23(27)26-16-20-21(17-26)22(20)25(14-18-10-6-4-7-11-18)15-19-12-8-5-9-13-19/h4-13,20-22H,14-17H2,1-3H3. The van der Waals surface area contributed by atoms with Crippen LogP contribution in [0.4, 0.5) is 4.79 Å². The van der Waals surface area contributed by atoms with Gasteiger partial charge in [-0.3, -0.25) is 4.90 Å². The Kier molecular flexibility index (Phi) is 5.15. The van der Waals surface area contributed by atoms with Crippen LogP contribution >= 0.6 is 0 Å². The molecule has 0 radical (unpaired) electrons. The maximum atomic E-state index is 12.4. The van der Waals surface area contributed by atoms with Gasteiger partial charge in [-0.2, -0.15) is 0 Å². The summed E-state index contributed by atoms with van der Waals surface area (Å²) in [7, 11) is 0. The van der Waals surface area contributed by atoms with Crippen LogP contribution in [0.2, 0.25) is 0 Å². The highest BCUT2D eigenvalue weighted by Gasteiger charge is 2.59. The summed E-state index contributed by atoms with van der Waals surface area (Å²) in [4.78, 5) is 16.9. The lowest BCUT2D eigenvalue weighted by atomic mass is 10.1. The highest BCUT2D eigenvalue weighted by Crippen LogP contribution is 2.50. The van der Waals surface area contributed by atoms with Crippen LogP contribution in [0.1, 0.15) is 31.9 Å². The van der Waals surface area contributed by atoms with Crippen molar-refractivity contribution in [3.05, 3.63) is 71.8 Å². The van der Waals surface area contributed by atoms with E-state index in [1.165, 1.54) is 11.1 Å². The summed E-state index contributed by atoms with van der Waals surface area (Å²) in [6.45, 7) is 9.28. The fourth-order valence-electron chi connectivity index (χ4n) is 4.41. The number of hydrogen-bond donors (Lipinski definition) is 0. The van der Waals surface area contributed by atoms with Gasteiger partial charge in [0.15, 0.2) is 0 Å². The van der Waals surface area contributed by atoms with E-state index in [1.807, 2.05) is 25.7 Å². The van der Waals surface area contributed by atoms with E-state index in [1.54, 1.807) is 0 Å².